The summed E-state index contributed by atoms with van der Waals surface area (Å²) >= 11 is 0. The van der Waals surface area contributed by atoms with Crippen LogP contribution in [0.4, 0.5) is 13.2 Å². The summed E-state index contributed by atoms with van der Waals surface area (Å²) in [4.78, 5) is 24.5. The zero-order chi connectivity index (χ0) is 27.0. The van der Waals surface area contributed by atoms with E-state index in [4.69, 9.17) is 9.47 Å². The molecule has 4 aromatic rings. The van der Waals surface area contributed by atoms with Crippen LogP contribution in [-0.4, -0.2) is 45.1 Å². The van der Waals surface area contributed by atoms with Crippen LogP contribution in [0.3, 0.4) is 0 Å². The molecule has 4 rings (SSSR count). The quantitative estimate of drug-likeness (QED) is 0.166. The SMILES string of the molecule is CCOC(=O)CCCCCOc1ccccc1Cn1c(-c2ccc(OC(F)(F)F)cc2)nc2cncnc21. The molecule has 200 valence electrons. The molecular formula is C27H27F3N4O4. The Kier molecular flexibility index (Phi) is 8.77. The minimum Gasteiger partial charge on any atom is -0.493 e. The molecule has 0 aliphatic heterocycles. The number of fused-ring (bicyclic) bond motifs is 1. The highest BCUT2D eigenvalue weighted by Gasteiger charge is 2.31. The van der Waals surface area contributed by atoms with Gasteiger partial charge in [0, 0.05) is 17.5 Å². The Morgan fingerprint density at radius 2 is 1.82 bits per heavy atom. The summed E-state index contributed by atoms with van der Waals surface area (Å²) in [5.41, 5.74) is 2.62. The van der Waals surface area contributed by atoms with Crippen molar-refractivity contribution in [3.63, 3.8) is 0 Å². The van der Waals surface area contributed by atoms with E-state index in [1.54, 1.807) is 13.1 Å². The van der Waals surface area contributed by atoms with Crippen molar-refractivity contribution in [3.8, 4) is 22.9 Å². The number of ether oxygens (including phenoxy) is 3. The van der Waals surface area contributed by atoms with Crippen LogP contribution >= 0.6 is 0 Å². The summed E-state index contributed by atoms with van der Waals surface area (Å²) in [5.74, 6) is 0.722. The summed E-state index contributed by atoms with van der Waals surface area (Å²) in [5, 5.41) is 0. The largest absolute Gasteiger partial charge is 0.573 e. The van der Waals surface area contributed by atoms with E-state index in [9.17, 15) is 18.0 Å². The van der Waals surface area contributed by atoms with Gasteiger partial charge in [0.25, 0.3) is 0 Å². The van der Waals surface area contributed by atoms with Crippen molar-refractivity contribution in [2.24, 2.45) is 0 Å². The topological polar surface area (TPSA) is 88.4 Å². The third kappa shape index (κ3) is 7.21. The number of esters is 1. The van der Waals surface area contributed by atoms with Crippen molar-refractivity contribution in [1.29, 1.82) is 0 Å². The molecule has 0 N–H and O–H groups in total. The third-order valence-electron chi connectivity index (χ3n) is 5.65. The highest BCUT2D eigenvalue weighted by atomic mass is 19.4. The van der Waals surface area contributed by atoms with Crippen LogP contribution < -0.4 is 9.47 Å². The second kappa shape index (κ2) is 12.4. The molecule has 8 nitrogen and oxygen atoms in total. The standard InChI is InChI=1S/C27H27F3N4O4/c1-2-36-24(35)10-4-3-7-15-37-23-9-6-5-8-20(23)17-34-25(33-22-16-31-18-32-26(22)34)19-11-13-21(14-12-19)38-27(28,29)30/h5-6,8-9,11-14,16,18H,2-4,7,10,15,17H2,1H3. The Morgan fingerprint density at radius 1 is 1.03 bits per heavy atom. The van der Waals surface area contributed by atoms with Crippen LogP contribution in [-0.2, 0) is 16.1 Å². The van der Waals surface area contributed by atoms with Gasteiger partial charge in [-0.3, -0.25) is 4.79 Å². The van der Waals surface area contributed by atoms with Gasteiger partial charge in [-0.05, 0) is 56.5 Å². The molecule has 0 saturated heterocycles. The lowest BCUT2D eigenvalue weighted by molar-refractivity contribution is -0.274. The first-order chi connectivity index (χ1) is 18.3. The molecule has 0 unspecified atom stereocenters. The minimum absolute atomic E-state index is 0.187. The van der Waals surface area contributed by atoms with Gasteiger partial charge in [0.15, 0.2) is 5.65 Å². The number of benzene rings is 2. The number of unbranched alkanes of at least 4 members (excludes halogenated alkanes) is 2. The molecule has 2 heterocycles. The first-order valence-corrected chi connectivity index (χ1v) is 12.2. The number of alkyl halides is 3. The summed E-state index contributed by atoms with van der Waals surface area (Å²) in [6.07, 6.45) is 0.988. The van der Waals surface area contributed by atoms with E-state index in [1.165, 1.54) is 30.6 Å². The summed E-state index contributed by atoms with van der Waals surface area (Å²) in [6.45, 7) is 3.02. The lowest BCUT2D eigenvalue weighted by atomic mass is 10.1. The molecular weight excluding hydrogens is 501 g/mol. The Bertz CT molecular complexity index is 1360. The highest BCUT2D eigenvalue weighted by Crippen LogP contribution is 2.30. The number of hydrogen-bond donors (Lipinski definition) is 0. The van der Waals surface area contributed by atoms with Crippen molar-refractivity contribution in [2.45, 2.75) is 45.5 Å². The van der Waals surface area contributed by atoms with Gasteiger partial charge in [0.1, 0.15) is 29.2 Å². The van der Waals surface area contributed by atoms with Gasteiger partial charge < -0.3 is 18.8 Å². The fourth-order valence-electron chi connectivity index (χ4n) is 3.96. The summed E-state index contributed by atoms with van der Waals surface area (Å²) in [7, 11) is 0. The van der Waals surface area contributed by atoms with Gasteiger partial charge in [-0.1, -0.05) is 18.2 Å². The van der Waals surface area contributed by atoms with Crippen LogP contribution in [0.2, 0.25) is 0 Å². The van der Waals surface area contributed by atoms with Gasteiger partial charge >= 0.3 is 12.3 Å². The van der Waals surface area contributed by atoms with Gasteiger partial charge in [-0.25, -0.2) is 15.0 Å². The Balaban J connectivity index is 1.50. The smallest absolute Gasteiger partial charge is 0.493 e. The van der Waals surface area contributed by atoms with E-state index < -0.39 is 6.36 Å². The van der Waals surface area contributed by atoms with Crippen molar-refractivity contribution in [3.05, 3.63) is 66.6 Å². The molecule has 0 aliphatic rings. The van der Waals surface area contributed by atoms with E-state index in [0.29, 0.717) is 54.5 Å². The molecule has 0 spiro atoms. The molecule has 0 radical (unpaired) electrons. The van der Waals surface area contributed by atoms with E-state index in [-0.39, 0.29) is 11.7 Å². The van der Waals surface area contributed by atoms with Crippen LogP contribution in [0.1, 0.15) is 38.2 Å². The van der Waals surface area contributed by atoms with Crippen LogP contribution in [0, 0.1) is 0 Å². The van der Waals surface area contributed by atoms with Crippen molar-refractivity contribution in [2.75, 3.05) is 13.2 Å². The number of nitrogens with zero attached hydrogens (tertiary/aromatic N) is 4. The predicted octanol–water partition coefficient (Wildman–Crippen LogP) is 5.94. The van der Waals surface area contributed by atoms with Crippen LogP contribution in [0.15, 0.2) is 61.1 Å². The maximum atomic E-state index is 12.6. The second-order valence-electron chi connectivity index (χ2n) is 8.40. The Morgan fingerprint density at radius 3 is 2.58 bits per heavy atom. The van der Waals surface area contributed by atoms with E-state index >= 15 is 0 Å². The van der Waals surface area contributed by atoms with Crippen molar-refractivity contribution >= 4 is 17.1 Å². The van der Waals surface area contributed by atoms with Crippen LogP contribution in [0.5, 0.6) is 11.5 Å². The normalized spacial score (nSPS) is 11.5. The zero-order valence-corrected chi connectivity index (χ0v) is 20.8. The van der Waals surface area contributed by atoms with E-state index in [1.807, 2.05) is 28.8 Å². The number of para-hydroxylation sites is 1. The molecule has 0 bridgehead atoms. The monoisotopic (exact) mass is 528 g/mol. The molecule has 2 aromatic carbocycles. The van der Waals surface area contributed by atoms with Gasteiger partial charge in [0.2, 0.25) is 0 Å². The number of imidazole rings is 1. The van der Waals surface area contributed by atoms with Gasteiger partial charge in [-0.15, -0.1) is 13.2 Å². The van der Waals surface area contributed by atoms with Crippen LogP contribution in [0.25, 0.3) is 22.6 Å². The van der Waals surface area contributed by atoms with Crippen molar-refractivity contribution in [1.82, 2.24) is 19.5 Å². The molecule has 0 fully saturated rings. The number of rotatable bonds is 12. The minimum atomic E-state index is -4.77. The number of halogens is 3. The molecule has 11 heteroatoms. The molecule has 0 aliphatic carbocycles. The Hall–Kier alpha value is -4.15. The zero-order valence-electron chi connectivity index (χ0n) is 20.8. The number of carbonyl (C=O) groups excluding carboxylic acids is 1. The lowest BCUT2D eigenvalue weighted by Crippen LogP contribution is -2.17. The summed E-state index contributed by atoms with van der Waals surface area (Å²) < 4.78 is 54.6. The van der Waals surface area contributed by atoms with Gasteiger partial charge in [-0.2, -0.15) is 0 Å². The fraction of sp³-hybridized carbons (Fsp3) is 0.333. The average Bonchev–Trinajstić information content (AvgIpc) is 3.25. The maximum absolute atomic E-state index is 12.6. The number of aromatic nitrogens is 4. The van der Waals surface area contributed by atoms with Crippen molar-refractivity contribution < 1.29 is 32.2 Å². The summed E-state index contributed by atoms with van der Waals surface area (Å²) in [6, 6.07) is 13.1. The predicted molar refractivity (Wildman–Crippen MR) is 134 cm³/mol. The first kappa shape index (κ1) is 26.9. The lowest BCUT2D eigenvalue weighted by Gasteiger charge is -2.14. The molecule has 38 heavy (non-hydrogen) atoms. The number of carbonyl (C=O) groups is 1. The first-order valence-electron chi connectivity index (χ1n) is 12.2. The molecule has 0 amide bonds. The number of hydrogen-bond acceptors (Lipinski definition) is 7. The maximum Gasteiger partial charge on any atom is 0.573 e. The third-order valence-corrected chi connectivity index (χ3v) is 5.65. The van der Waals surface area contributed by atoms with E-state index in [2.05, 4.69) is 19.7 Å². The fourth-order valence-corrected chi connectivity index (χ4v) is 3.96. The van der Waals surface area contributed by atoms with Gasteiger partial charge in [0.05, 0.1) is 26.0 Å². The Labute approximate surface area is 217 Å². The van der Waals surface area contributed by atoms with E-state index in [0.717, 1.165) is 24.8 Å². The second-order valence-corrected chi connectivity index (χ2v) is 8.40. The molecule has 2 aromatic heterocycles. The molecule has 0 saturated carbocycles. The molecule has 0 atom stereocenters. The average molecular weight is 529 g/mol. The highest BCUT2D eigenvalue weighted by molar-refractivity contribution is 5.76.